The molecule has 2 rings (SSSR count). The highest BCUT2D eigenvalue weighted by Crippen LogP contribution is 2.14. The minimum absolute atomic E-state index is 0.0774. The van der Waals surface area contributed by atoms with E-state index in [1.165, 1.54) is 0 Å². The number of hydrogen-bond donors (Lipinski definition) is 2. The van der Waals surface area contributed by atoms with Gasteiger partial charge in [-0.1, -0.05) is 13.8 Å². The zero-order chi connectivity index (χ0) is 11.6. The number of hydrogen-bond acceptors (Lipinski definition) is 4. The molecule has 0 radical (unpaired) electrons. The van der Waals surface area contributed by atoms with Crippen LogP contribution in [0.3, 0.4) is 0 Å². The first-order valence-corrected chi connectivity index (χ1v) is 5.35. The lowest BCUT2D eigenvalue weighted by molar-refractivity contribution is 0.405. The van der Waals surface area contributed by atoms with E-state index in [-0.39, 0.29) is 5.41 Å². The summed E-state index contributed by atoms with van der Waals surface area (Å²) in [4.78, 5) is 4.42. The highest BCUT2D eigenvalue weighted by atomic mass is 15.2. The van der Waals surface area contributed by atoms with Crippen molar-refractivity contribution < 1.29 is 0 Å². The number of aromatic nitrogens is 3. The molecule has 0 amide bonds. The fourth-order valence-corrected chi connectivity index (χ4v) is 1.31. The lowest BCUT2D eigenvalue weighted by atomic mass is 9.94. The van der Waals surface area contributed by atoms with Crippen molar-refractivity contribution >= 4 is 11.5 Å². The predicted octanol–water partition coefficient (Wildman–Crippen LogP) is 1.13. The van der Waals surface area contributed by atoms with Gasteiger partial charge in [0.05, 0.1) is 6.20 Å². The average Bonchev–Trinajstić information content (AvgIpc) is 2.73. The van der Waals surface area contributed by atoms with Crippen molar-refractivity contribution in [1.82, 2.24) is 14.6 Å². The SMILES string of the molecule is CC(C)(CN)CNc1ccn2nccc2n1. The zero-order valence-corrected chi connectivity index (χ0v) is 9.64. The van der Waals surface area contributed by atoms with Gasteiger partial charge >= 0.3 is 0 Å². The highest BCUT2D eigenvalue weighted by Gasteiger charge is 2.15. The first kappa shape index (κ1) is 10.9. The fraction of sp³-hybridized carbons (Fsp3) is 0.455. The van der Waals surface area contributed by atoms with E-state index in [1.54, 1.807) is 10.7 Å². The van der Waals surface area contributed by atoms with Gasteiger partial charge in [-0.15, -0.1) is 0 Å². The lowest BCUT2D eigenvalue weighted by Gasteiger charge is -2.22. The summed E-state index contributed by atoms with van der Waals surface area (Å²) in [7, 11) is 0. The summed E-state index contributed by atoms with van der Waals surface area (Å²) in [5.41, 5.74) is 6.59. The van der Waals surface area contributed by atoms with Crippen LogP contribution in [-0.2, 0) is 0 Å². The summed E-state index contributed by atoms with van der Waals surface area (Å²) >= 11 is 0. The maximum atomic E-state index is 5.67. The molecule has 3 N–H and O–H groups in total. The Morgan fingerprint density at radius 2 is 2.25 bits per heavy atom. The monoisotopic (exact) mass is 219 g/mol. The van der Waals surface area contributed by atoms with Crippen molar-refractivity contribution in [2.24, 2.45) is 11.1 Å². The van der Waals surface area contributed by atoms with Crippen molar-refractivity contribution in [3.05, 3.63) is 24.5 Å². The molecular formula is C11H17N5. The van der Waals surface area contributed by atoms with Gasteiger partial charge in [0.1, 0.15) is 5.82 Å². The van der Waals surface area contributed by atoms with E-state index in [1.807, 2.05) is 18.3 Å². The standard InChI is InChI=1S/C11H17N5/c1-11(2,7-12)8-13-9-4-6-16-10(15-9)3-5-14-16/h3-6H,7-8,12H2,1-2H3,(H,13,15). The Morgan fingerprint density at radius 1 is 1.44 bits per heavy atom. The van der Waals surface area contributed by atoms with Crippen LogP contribution in [0.2, 0.25) is 0 Å². The van der Waals surface area contributed by atoms with Crippen LogP contribution in [0, 0.1) is 5.41 Å². The molecule has 0 bridgehead atoms. The minimum Gasteiger partial charge on any atom is -0.369 e. The lowest BCUT2D eigenvalue weighted by Crippen LogP contribution is -2.31. The van der Waals surface area contributed by atoms with Gasteiger partial charge in [-0.3, -0.25) is 0 Å². The molecule has 0 atom stereocenters. The topological polar surface area (TPSA) is 68.2 Å². The average molecular weight is 219 g/mol. The summed E-state index contributed by atoms with van der Waals surface area (Å²) in [5, 5.41) is 7.38. The molecule has 5 heteroatoms. The molecule has 86 valence electrons. The van der Waals surface area contributed by atoms with Gasteiger partial charge in [0.15, 0.2) is 5.65 Å². The quantitative estimate of drug-likeness (QED) is 0.808. The second-order valence-electron chi connectivity index (χ2n) is 4.67. The first-order valence-electron chi connectivity index (χ1n) is 5.35. The van der Waals surface area contributed by atoms with Gasteiger partial charge < -0.3 is 11.1 Å². The number of rotatable bonds is 4. The summed E-state index contributed by atoms with van der Waals surface area (Å²) in [6.07, 6.45) is 3.62. The molecule has 0 spiro atoms. The van der Waals surface area contributed by atoms with Crippen LogP contribution in [0.5, 0.6) is 0 Å². The summed E-state index contributed by atoms with van der Waals surface area (Å²) in [5.74, 6) is 0.856. The largest absolute Gasteiger partial charge is 0.369 e. The molecule has 2 aromatic heterocycles. The van der Waals surface area contributed by atoms with E-state index in [2.05, 4.69) is 29.2 Å². The van der Waals surface area contributed by atoms with Crippen molar-refractivity contribution in [1.29, 1.82) is 0 Å². The number of nitrogens with zero attached hydrogens (tertiary/aromatic N) is 3. The van der Waals surface area contributed by atoms with Gasteiger partial charge in [0.25, 0.3) is 0 Å². The summed E-state index contributed by atoms with van der Waals surface area (Å²) < 4.78 is 1.74. The van der Waals surface area contributed by atoms with Crippen molar-refractivity contribution in [3.63, 3.8) is 0 Å². The Kier molecular flexibility index (Phi) is 2.78. The molecular weight excluding hydrogens is 202 g/mol. The van der Waals surface area contributed by atoms with E-state index in [0.717, 1.165) is 18.0 Å². The maximum absolute atomic E-state index is 5.67. The Balaban J connectivity index is 2.09. The van der Waals surface area contributed by atoms with E-state index in [9.17, 15) is 0 Å². The normalized spacial score (nSPS) is 11.9. The summed E-state index contributed by atoms with van der Waals surface area (Å²) in [6.45, 7) is 5.70. The van der Waals surface area contributed by atoms with Crippen LogP contribution in [0.1, 0.15) is 13.8 Å². The summed E-state index contributed by atoms with van der Waals surface area (Å²) in [6, 6.07) is 3.78. The molecule has 0 unspecified atom stereocenters. The van der Waals surface area contributed by atoms with E-state index in [4.69, 9.17) is 5.73 Å². The molecule has 0 aromatic carbocycles. The molecule has 0 saturated heterocycles. The Labute approximate surface area is 94.7 Å². The number of nitrogens with one attached hydrogen (secondary N) is 1. The molecule has 5 nitrogen and oxygen atoms in total. The van der Waals surface area contributed by atoms with Crippen molar-refractivity contribution in [3.8, 4) is 0 Å². The van der Waals surface area contributed by atoms with Gasteiger partial charge in [-0.2, -0.15) is 5.10 Å². The third-order valence-corrected chi connectivity index (χ3v) is 2.56. The van der Waals surface area contributed by atoms with Crippen LogP contribution in [-0.4, -0.2) is 27.7 Å². The van der Waals surface area contributed by atoms with E-state index in [0.29, 0.717) is 6.54 Å². The molecule has 0 saturated carbocycles. The molecule has 0 aliphatic carbocycles. The molecule has 16 heavy (non-hydrogen) atoms. The number of fused-ring (bicyclic) bond motifs is 1. The maximum Gasteiger partial charge on any atom is 0.157 e. The predicted molar refractivity (Wildman–Crippen MR) is 64.3 cm³/mol. The van der Waals surface area contributed by atoms with Gasteiger partial charge in [-0.05, 0) is 18.0 Å². The molecule has 2 heterocycles. The van der Waals surface area contributed by atoms with Gasteiger partial charge in [-0.25, -0.2) is 9.50 Å². The van der Waals surface area contributed by atoms with Crippen LogP contribution >= 0.6 is 0 Å². The highest BCUT2D eigenvalue weighted by molar-refractivity contribution is 5.45. The molecule has 2 aromatic rings. The van der Waals surface area contributed by atoms with Gasteiger partial charge in [0.2, 0.25) is 0 Å². The minimum atomic E-state index is 0.0774. The molecule has 0 aliphatic heterocycles. The van der Waals surface area contributed by atoms with Crippen molar-refractivity contribution in [2.45, 2.75) is 13.8 Å². The second kappa shape index (κ2) is 4.09. The Bertz CT molecular complexity index is 474. The zero-order valence-electron chi connectivity index (χ0n) is 9.64. The third kappa shape index (κ3) is 2.30. The van der Waals surface area contributed by atoms with Crippen LogP contribution in [0.15, 0.2) is 24.5 Å². The van der Waals surface area contributed by atoms with Crippen LogP contribution < -0.4 is 11.1 Å². The van der Waals surface area contributed by atoms with E-state index >= 15 is 0 Å². The fourth-order valence-electron chi connectivity index (χ4n) is 1.31. The second-order valence-corrected chi connectivity index (χ2v) is 4.67. The number of nitrogens with two attached hydrogens (primary N) is 1. The molecule has 0 aliphatic rings. The Hall–Kier alpha value is -1.62. The van der Waals surface area contributed by atoms with Gasteiger partial charge in [0, 0.05) is 18.8 Å². The van der Waals surface area contributed by atoms with E-state index < -0.39 is 0 Å². The first-order chi connectivity index (χ1) is 7.61. The van der Waals surface area contributed by atoms with Crippen LogP contribution in [0.4, 0.5) is 5.82 Å². The Morgan fingerprint density at radius 3 is 3.00 bits per heavy atom. The number of anilines is 1. The van der Waals surface area contributed by atoms with Crippen LogP contribution in [0.25, 0.3) is 5.65 Å². The smallest absolute Gasteiger partial charge is 0.157 e. The van der Waals surface area contributed by atoms with Crippen molar-refractivity contribution in [2.75, 3.05) is 18.4 Å². The molecule has 0 fully saturated rings. The third-order valence-electron chi connectivity index (χ3n) is 2.56.